The Balaban J connectivity index is 2.24. The van der Waals surface area contributed by atoms with Gasteiger partial charge in [-0.3, -0.25) is 4.79 Å². The standard InChI is InChI=1S/C14H11BrN4O/c15-13-5-12(10(6-16)8-19-13)18-7-9-3-1-2-4-11(9)14(17)20/h1-5,8H,7H2,(H2,17,20)(H,18,19). The molecule has 0 saturated carbocycles. The Hall–Kier alpha value is -2.39. The van der Waals surface area contributed by atoms with E-state index in [1.807, 2.05) is 12.1 Å². The van der Waals surface area contributed by atoms with E-state index in [9.17, 15) is 4.79 Å². The number of nitrogens with one attached hydrogen (secondary N) is 1. The Morgan fingerprint density at radius 3 is 2.90 bits per heavy atom. The van der Waals surface area contributed by atoms with E-state index in [2.05, 4.69) is 32.3 Å². The number of halogens is 1. The van der Waals surface area contributed by atoms with Gasteiger partial charge in [-0.2, -0.15) is 5.26 Å². The van der Waals surface area contributed by atoms with Crippen molar-refractivity contribution in [2.45, 2.75) is 6.54 Å². The van der Waals surface area contributed by atoms with Gasteiger partial charge in [-0.25, -0.2) is 4.98 Å². The van der Waals surface area contributed by atoms with Crippen molar-refractivity contribution >= 4 is 27.5 Å². The van der Waals surface area contributed by atoms with Crippen LogP contribution in [0.5, 0.6) is 0 Å². The van der Waals surface area contributed by atoms with Gasteiger partial charge in [0.1, 0.15) is 10.7 Å². The molecular weight excluding hydrogens is 320 g/mol. The van der Waals surface area contributed by atoms with Crippen LogP contribution >= 0.6 is 15.9 Å². The lowest BCUT2D eigenvalue weighted by Crippen LogP contribution is -2.15. The van der Waals surface area contributed by atoms with E-state index in [-0.39, 0.29) is 0 Å². The zero-order valence-corrected chi connectivity index (χ0v) is 12.0. The molecular formula is C14H11BrN4O. The fraction of sp³-hybridized carbons (Fsp3) is 0.0714. The van der Waals surface area contributed by atoms with Crippen molar-refractivity contribution in [3.8, 4) is 6.07 Å². The molecule has 1 aromatic heterocycles. The van der Waals surface area contributed by atoms with E-state index in [4.69, 9.17) is 11.0 Å². The molecule has 0 bridgehead atoms. The second-order valence-corrected chi connectivity index (χ2v) is 4.85. The number of rotatable bonds is 4. The fourth-order valence-corrected chi connectivity index (χ4v) is 2.10. The van der Waals surface area contributed by atoms with Crippen molar-refractivity contribution in [1.29, 1.82) is 5.26 Å². The third-order valence-electron chi connectivity index (χ3n) is 2.74. The lowest BCUT2D eigenvalue weighted by atomic mass is 10.1. The highest BCUT2D eigenvalue weighted by atomic mass is 79.9. The van der Waals surface area contributed by atoms with Crippen LogP contribution in [-0.4, -0.2) is 10.9 Å². The summed E-state index contributed by atoms with van der Waals surface area (Å²) in [7, 11) is 0. The summed E-state index contributed by atoms with van der Waals surface area (Å²) in [6.07, 6.45) is 1.48. The number of hydrogen-bond acceptors (Lipinski definition) is 4. The summed E-state index contributed by atoms with van der Waals surface area (Å²) in [6, 6.07) is 10.8. The SMILES string of the molecule is N#Cc1cnc(Br)cc1NCc1ccccc1C(N)=O. The van der Waals surface area contributed by atoms with E-state index < -0.39 is 5.91 Å². The van der Waals surface area contributed by atoms with Gasteiger partial charge in [0, 0.05) is 18.3 Å². The third kappa shape index (κ3) is 3.13. The number of anilines is 1. The summed E-state index contributed by atoms with van der Waals surface area (Å²) in [5, 5.41) is 12.1. The van der Waals surface area contributed by atoms with Gasteiger partial charge in [-0.15, -0.1) is 0 Å². The zero-order chi connectivity index (χ0) is 14.5. The molecule has 1 heterocycles. The van der Waals surface area contributed by atoms with Crippen LogP contribution in [-0.2, 0) is 6.54 Å². The van der Waals surface area contributed by atoms with E-state index in [0.717, 1.165) is 5.56 Å². The monoisotopic (exact) mass is 330 g/mol. The van der Waals surface area contributed by atoms with Crippen LogP contribution in [0.15, 0.2) is 41.1 Å². The minimum Gasteiger partial charge on any atom is -0.380 e. The van der Waals surface area contributed by atoms with Crippen LogP contribution in [0, 0.1) is 11.3 Å². The molecule has 0 aliphatic carbocycles. The number of pyridine rings is 1. The molecule has 20 heavy (non-hydrogen) atoms. The lowest BCUT2D eigenvalue weighted by Gasteiger charge is -2.10. The minimum atomic E-state index is -0.473. The minimum absolute atomic E-state index is 0.393. The van der Waals surface area contributed by atoms with E-state index in [1.54, 1.807) is 18.2 Å². The van der Waals surface area contributed by atoms with Gasteiger partial charge in [-0.1, -0.05) is 18.2 Å². The first-order chi connectivity index (χ1) is 9.61. The van der Waals surface area contributed by atoms with Crippen LogP contribution in [0.2, 0.25) is 0 Å². The summed E-state index contributed by atoms with van der Waals surface area (Å²) in [5.74, 6) is -0.473. The molecule has 0 radical (unpaired) electrons. The largest absolute Gasteiger partial charge is 0.380 e. The molecule has 0 saturated heterocycles. The highest BCUT2D eigenvalue weighted by Crippen LogP contribution is 2.19. The predicted octanol–water partition coefficient (Wildman–Crippen LogP) is 2.43. The second kappa shape index (κ2) is 6.17. The molecule has 1 amide bonds. The number of amides is 1. The second-order valence-electron chi connectivity index (χ2n) is 4.04. The maximum absolute atomic E-state index is 11.3. The van der Waals surface area contributed by atoms with Gasteiger partial charge in [0.2, 0.25) is 5.91 Å². The number of aromatic nitrogens is 1. The molecule has 2 aromatic rings. The highest BCUT2D eigenvalue weighted by Gasteiger charge is 2.08. The first kappa shape index (κ1) is 14.0. The van der Waals surface area contributed by atoms with Crippen LogP contribution in [0.25, 0.3) is 0 Å². The number of carbonyl (C=O) groups excluding carboxylic acids is 1. The summed E-state index contributed by atoms with van der Waals surface area (Å²) in [5.41, 5.74) is 7.65. The summed E-state index contributed by atoms with van der Waals surface area (Å²) < 4.78 is 0.627. The summed E-state index contributed by atoms with van der Waals surface area (Å²) in [6.45, 7) is 0.393. The maximum atomic E-state index is 11.3. The van der Waals surface area contributed by atoms with Gasteiger partial charge < -0.3 is 11.1 Å². The lowest BCUT2D eigenvalue weighted by molar-refractivity contribution is 0.0999. The Bertz CT molecular complexity index is 694. The molecule has 100 valence electrons. The quantitative estimate of drug-likeness (QED) is 0.842. The predicted molar refractivity (Wildman–Crippen MR) is 78.9 cm³/mol. The number of nitrogens with zero attached hydrogens (tertiary/aromatic N) is 2. The number of carbonyl (C=O) groups is 1. The Morgan fingerprint density at radius 2 is 2.20 bits per heavy atom. The van der Waals surface area contributed by atoms with Crippen molar-refractivity contribution in [1.82, 2.24) is 4.98 Å². The first-order valence-electron chi connectivity index (χ1n) is 5.79. The van der Waals surface area contributed by atoms with Crippen molar-refractivity contribution in [3.63, 3.8) is 0 Å². The molecule has 1 aromatic carbocycles. The molecule has 0 aliphatic rings. The average Bonchev–Trinajstić information content (AvgIpc) is 2.45. The number of primary amides is 1. The molecule has 0 spiro atoms. The van der Waals surface area contributed by atoms with Crippen molar-refractivity contribution < 1.29 is 4.79 Å². The zero-order valence-electron chi connectivity index (χ0n) is 10.4. The van der Waals surface area contributed by atoms with Crippen molar-refractivity contribution in [2.75, 3.05) is 5.32 Å². The fourth-order valence-electron chi connectivity index (χ4n) is 1.77. The molecule has 6 heteroatoms. The summed E-state index contributed by atoms with van der Waals surface area (Å²) in [4.78, 5) is 15.3. The number of benzene rings is 1. The van der Waals surface area contributed by atoms with Gasteiger partial charge in [0.25, 0.3) is 0 Å². The van der Waals surface area contributed by atoms with Crippen LogP contribution in [0.4, 0.5) is 5.69 Å². The van der Waals surface area contributed by atoms with Gasteiger partial charge in [0.15, 0.2) is 0 Å². The normalized spacial score (nSPS) is 9.80. The third-order valence-corrected chi connectivity index (χ3v) is 3.18. The molecule has 5 nitrogen and oxygen atoms in total. The van der Waals surface area contributed by atoms with E-state index in [0.29, 0.717) is 28.0 Å². The maximum Gasteiger partial charge on any atom is 0.249 e. The molecule has 0 atom stereocenters. The van der Waals surface area contributed by atoms with Crippen LogP contribution in [0.3, 0.4) is 0 Å². The summed E-state index contributed by atoms with van der Waals surface area (Å²) >= 11 is 3.25. The van der Waals surface area contributed by atoms with Crippen LogP contribution < -0.4 is 11.1 Å². The number of nitrogens with two attached hydrogens (primary N) is 1. The molecule has 0 fully saturated rings. The molecule has 2 rings (SSSR count). The first-order valence-corrected chi connectivity index (χ1v) is 6.58. The van der Waals surface area contributed by atoms with Gasteiger partial charge in [-0.05, 0) is 33.6 Å². The van der Waals surface area contributed by atoms with Crippen molar-refractivity contribution in [2.24, 2.45) is 5.73 Å². The van der Waals surface area contributed by atoms with Gasteiger partial charge in [0.05, 0.1) is 11.3 Å². The van der Waals surface area contributed by atoms with Gasteiger partial charge >= 0.3 is 0 Å². The average molecular weight is 331 g/mol. The highest BCUT2D eigenvalue weighted by molar-refractivity contribution is 9.10. The Labute approximate surface area is 124 Å². The topological polar surface area (TPSA) is 91.8 Å². The van der Waals surface area contributed by atoms with E-state index >= 15 is 0 Å². The molecule has 0 unspecified atom stereocenters. The number of nitriles is 1. The smallest absolute Gasteiger partial charge is 0.249 e. The van der Waals surface area contributed by atoms with Crippen LogP contribution in [0.1, 0.15) is 21.5 Å². The molecule has 0 aliphatic heterocycles. The Kier molecular flexibility index (Phi) is 4.33. The van der Waals surface area contributed by atoms with Crippen molar-refractivity contribution in [3.05, 3.63) is 57.8 Å². The number of hydrogen-bond donors (Lipinski definition) is 2. The Morgan fingerprint density at radius 1 is 1.45 bits per heavy atom. The van der Waals surface area contributed by atoms with E-state index in [1.165, 1.54) is 6.20 Å². The molecule has 3 N–H and O–H groups in total.